The van der Waals surface area contributed by atoms with Gasteiger partial charge in [0.25, 0.3) is 5.91 Å². The van der Waals surface area contributed by atoms with E-state index in [0.29, 0.717) is 17.9 Å². The highest BCUT2D eigenvalue weighted by molar-refractivity contribution is 7.89. The first-order valence-corrected chi connectivity index (χ1v) is 11.6. The largest absolute Gasteiger partial charge is 0.495 e. The van der Waals surface area contributed by atoms with Crippen LogP contribution in [0.2, 0.25) is 0 Å². The van der Waals surface area contributed by atoms with E-state index in [2.05, 4.69) is 25.2 Å². The third kappa shape index (κ3) is 5.16. The lowest BCUT2D eigenvalue weighted by Crippen LogP contribution is -2.28. The topological polar surface area (TPSA) is 128 Å². The maximum absolute atomic E-state index is 12.9. The van der Waals surface area contributed by atoms with Crippen molar-refractivity contribution in [3.8, 4) is 5.75 Å². The van der Waals surface area contributed by atoms with Crippen molar-refractivity contribution < 1.29 is 17.9 Å². The van der Waals surface area contributed by atoms with Crippen LogP contribution in [0.4, 0.5) is 0 Å². The molecule has 170 valence electrons. The Balaban J connectivity index is 1.47. The molecule has 33 heavy (non-hydrogen) atoms. The summed E-state index contributed by atoms with van der Waals surface area (Å²) in [6, 6.07) is 15.2. The lowest BCUT2D eigenvalue weighted by molar-refractivity contribution is 0.0949. The number of nitrogens with one attached hydrogen (secondary N) is 2. The van der Waals surface area contributed by atoms with Crippen LogP contribution in [0, 0.1) is 0 Å². The molecule has 0 aliphatic heterocycles. The molecule has 0 fully saturated rings. The van der Waals surface area contributed by atoms with E-state index in [-0.39, 0.29) is 29.3 Å². The molecule has 0 bridgehead atoms. The van der Waals surface area contributed by atoms with Crippen LogP contribution in [0.5, 0.6) is 5.75 Å². The number of fused-ring (bicyclic) bond motifs is 1. The molecule has 0 saturated heterocycles. The zero-order valence-electron chi connectivity index (χ0n) is 17.8. The lowest BCUT2D eigenvalue weighted by Gasteiger charge is -2.12. The van der Waals surface area contributed by atoms with Gasteiger partial charge in [0.15, 0.2) is 11.5 Å². The third-order valence-electron chi connectivity index (χ3n) is 4.91. The van der Waals surface area contributed by atoms with Crippen LogP contribution in [0.1, 0.15) is 21.9 Å². The number of carbonyl (C=O) groups excluding carboxylic acids is 1. The van der Waals surface area contributed by atoms with Gasteiger partial charge >= 0.3 is 0 Å². The van der Waals surface area contributed by atoms with Gasteiger partial charge in [-0.1, -0.05) is 12.1 Å². The van der Waals surface area contributed by atoms with Gasteiger partial charge in [-0.15, -0.1) is 10.2 Å². The fourth-order valence-corrected chi connectivity index (χ4v) is 4.46. The standard InChI is InChI=1S/C22H22N6O4S/c1-32-18-9-8-16(22(29)24-15-21-27-26-20-7-3-5-13-28(20)21)14-19(18)33(30,31)25-12-10-17-6-2-4-11-23-17/h2-9,11,13-14,25H,10,12,15H2,1H3,(H,24,29). The van der Waals surface area contributed by atoms with Gasteiger partial charge in [-0.3, -0.25) is 14.2 Å². The normalized spacial score (nSPS) is 11.4. The fraction of sp³-hybridized carbons (Fsp3) is 0.182. The van der Waals surface area contributed by atoms with Gasteiger partial charge in [-0.2, -0.15) is 0 Å². The van der Waals surface area contributed by atoms with Gasteiger partial charge in [0, 0.05) is 36.6 Å². The molecule has 4 aromatic rings. The predicted molar refractivity (Wildman–Crippen MR) is 120 cm³/mol. The van der Waals surface area contributed by atoms with E-state index in [4.69, 9.17) is 4.74 Å². The number of methoxy groups -OCH3 is 1. The molecule has 0 unspecified atom stereocenters. The number of pyridine rings is 2. The van der Waals surface area contributed by atoms with E-state index >= 15 is 0 Å². The molecular formula is C22H22N6O4S. The molecular weight excluding hydrogens is 444 g/mol. The molecule has 2 N–H and O–H groups in total. The maximum atomic E-state index is 12.9. The van der Waals surface area contributed by atoms with Crippen molar-refractivity contribution in [2.24, 2.45) is 0 Å². The Morgan fingerprint density at radius 2 is 1.94 bits per heavy atom. The van der Waals surface area contributed by atoms with Gasteiger partial charge in [0.2, 0.25) is 10.0 Å². The van der Waals surface area contributed by atoms with Crippen molar-refractivity contribution >= 4 is 21.6 Å². The van der Waals surface area contributed by atoms with Gasteiger partial charge < -0.3 is 10.1 Å². The molecule has 0 aliphatic carbocycles. The monoisotopic (exact) mass is 466 g/mol. The number of rotatable bonds is 9. The van der Waals surface area contributed by atoms with Crippen molar-refractivity contribution in [3.05, 3.63) is 84.1 Å². The number of amides is 1. The molecule has 1 aromatic carbocycles. The van der Waals surface area contributed by atoms with E-state index in [1.165, 1.54) is 25.3 Å². The Morgan fingerprint density at radius 3 is 2.73 bits per heavy atom. The summed E-state index contributed by atoms with van der Waals surface area (Å²) in [6.45, 7) is 0.277. The molecule has 0 spiro atoms. The number of aromatic nitrogens is 4. The number of hydrogen-bond donors (Lipinski definition) is 2. The molecule has 4 rings (SSSR count). The van der Waals surface area contributed by atoms with Gasteiger partial charge in [0.1, 0.15) is 10.6 Å². The quantitative estimate of drug-likeness (QED) is 0.383. The Bertz CT molecular complexity index is 1370. The third-order valence-corrected chi connectivity index (χ3v) is 6.39. The summed E-state index contributed by atoms with van der Waals surface area (Å²) in [5, 5.41) is 10.9. The first-order chi connectivity index (χ1) is 16.0. The summed E-state index contributed by atoms with van der Waals surface area (Å²) in [5.74, 6) is 0.243. The molecule has 1 amide bonds. The summed E-state index contributed by atoms with van der Waals surface area (Å²) >= 11 is 0. The van der Waals surface area contributed by atoms with Crippen molar-refractivity contribution in [2.45, 2.75) is 17.9 Å². The fourth-order valence-electron chi connectivity index (χ4n) is 3.24. The van der Waals surface area contributed by atoms with Crippen molar-refractivity contribution in [2.75, 3.05) is 13.7 Å². The van der Waals surface area contributed by atoms with E-state index in [1.807, 2.05) is 24.3 Å². The predicted octanol–water partition coefficient (Wildman–Crippen LogP) is 1.58. The number of benzene rings is 1. The smallest absolute Gasteiger partial charge is 0.251 e. The average Bonchev–Trinajstić information content (AvgIpc) is 3.26. The summed E-state index contributed by atoms with van der Waals surface area (Å²) < 4.78 is 35.3. The molecule has 11 heteroatoms. The second-order valence-electron chi connectivity index (χ2n) is 7.06. The minimum Gasteiger partial charge on any atom is -0.495 e. The van der Waals surface area contributed by atoms with Crippen LogP contribution in [-0.2, 0) is 23.0 Å². The van der Waals surface area contributed by atoms with E-state index in [0.717, 1.165) is 5.69 Å². The molecule has 0 saturated carbocycles. The zero-order chi connectivity index (χ0) is 23.3. The Morgan fingerprint density at radius 1 is 1.09 bits per heavy atom. The molecule has 3 aromatic heterocycles. The summed E-state index contributed by atoms with van der Waals surface area (Å²) in [7, 11) is -2.55. The zero-order valence-corrected chi connectivity index (χ0v) is 18.6. The Kier molecular flexibility index (Phi) is 6.61. The van der Waals surface area contributed by atoms with Crippen molar-refractivity contribution in [1.29, 1.82) is 0 Å². The Labute approximate surface area is 190 Å². The molecule has 0 aliphatic rings. The van der Waals surface area contributed by atoms with Gasteiger partial charge in [0.05, 0.1) is 13.7 Å². The van der Waals surface area contributed by atoms with Crippen LogP contribution in [0.15, 0.2) is 71.9 Å². The first kappa shape index (κ1) is 22.4. The molecule has 10 nitrogen and oxygen atoms in total. The van der Waals surface area contributed by atoms with E-state index in [1.54, 1.807) is 28.9 Å². The minimum atomic E-state index is -3.93. The number of sulfonamides is 1. The number of carbonyl (C=O) groups is 1. The van der Waals surface area contributed by atoms with Crippen LogP contribution in [-0.4, -0.2) is 47.6 Å². The van der Waals surface area contributed by atoms with Crippen LogP contribution in [0.3, 0.4) is 0 Å². The minimum absolute atomic E-state index is 0.119. The SMILES string of the molecule is COc1ccc(C(=O)NCc2nnc3ccccn23)cc1S(=O)(=O)NCCc1ccccn1. The summed E-state index contributed by atoms with van der Waals surface area (Å²) in [6.07, 6.45) is 3.87. The second kappa shape index (κ2) is 9.76. The molecule has 3 heterocycles. The number of nitrogens with zero attached hydrogens (tertiary/aromatic N) is 4. The first-order valence-electron chi connectivity index (χ1n) is 10.1. The summed E-state index contributed by atoms with van der Waals surface area (Å²) in [4.78, 5) is 16.8. The Hall–Kier alpha value is -3.83. The van der Waals surface area contributed by atoms with E-state index < -0.39 is 15.9 Å². The van der Waals surface area contributed by atoms with Crippen molar-refractivity contribution in [1.82, 2.24) is 29.6 Å². The van der Waals surface area contributed by atoms with E-state index in [9.17, 15) is 13.2 Å². The highest BCUT2D eigenvalue weighted by Gasteiger charge is 2.21. The average molecular weight is 467 g/mol. The summed E-state index contributed by atoms with van der Waals surface area (Å²) in [5.41, 5.74) is 1.60. The molecule has 0 radical (unpaired) electrons. The van der Waals surface area contributed by atoms with Crippen LogP contribution < -0.4 is 14.8 Å². The number of hydrogen-bond acceptors (Lipinski definition) is 7. The number of ether oxygens (including phenoxy) is 1. The maximum Gasteiger partial charge on any atom is 0.251 e. The van der Waals surface area contributed by atoms with Crippen molar-refractivity contribution in [3.63, 3.8) is 0 Å². The van der Waals surface area contributed by atoms with Gasteiger partial charge in [-0.25, -0.2) is 13.1 Å². The lowest BCUT2D eigenvalue weighted by atomic mass is 10.2. The highest BCUT2D eigenvalue weighted by atomic mass is 32.2. The van der Waals surface area contributed by atoms with Crippen LogP contribution >= 0.6 is 0 Å². The second-order valence-corrected chi connectivity index (χ2v) is 8.80. The van der Waals surface area contributed by atoms with Gasteiger partial charge in [-0.05, 0) is 42.5 Å². The molecule has 0 atom stereocenters. The van der Waals surface area contributed by atoms with Crippen LogP contribution in [0.25, 0.3) is 5.65 Å². The highest BCUT2D eigenvalue weighted by Crippen LogP contribution is 2.25.